The monoisotopic (exact) mass is 436 g/mol. The molecule has 2 unspecified atom stereocenters. The standard InChI is InChI=1S/C27H32O5/c28-16-26(31-18-24-12-6-2-7-13-24)20-30-22-27(32-19-25-14-8-3-9-15-25)21-29-17-23-10-4-1-5-11-23/h1-15,26-28H,16-22H2. The first-order chi connectivity index (χ1) is 15.8. The Kier molecular flexibility index (Phi) is 10.9. The van der Waals surface area contributed by atoms with Gasteiger partial charge in [0.15, 0.2) is 0 Å². The third-order valence-corrected chi connectivity index (χ3v) is 4.88. The number of aliphatic hydroxyl groups is 1. The van der Waals surface area contributed by atoms with Gasteiger partial charge in [0.1, 0.15) is 12.2 Å². The number of rotatable bonds is 15. The van der Waals surface area contributed by atoms with E-state index in [9.17, 15) is 5.11 Å². The highest BCUT2D eigenvalue weighted by atomic mass is 16.6. The van der Waals surface area contributed by atoms with Crippen LogP contribution in [0.15, 0.2) is 91.0 Å². The predicted molar refractivity (Wildman–Crippen MR) is 124 cm³/mol. The fourth-order valence-electron chi connectivity index (χ4n) is 3.09. The van der Waals surface area contributed by atoms with Crippen molar-refractivity contribution in [1.29, 1.82) is 0 Å². The number of ether oxygens (including phenoxy) is 4. The molecule has 0 heterocycles. The summed E-state index contributed by atoms with van der Waals surface area (Å²) in [5.74, 6) is 0. The summed E-state index contributed by atoms with van der Waals surface area (Å²) >= 11 is 0. The van der Waals surface area contributed by atoms with E-state index in [2.05, 4.69) is 0 Å². The zero-order valence-corrected chi connectivity index (χ0v) is 18.3. The fourth-order valence-corrected chi connectivity index (χ4v) is 3.09. The highest BCUT2D eigenvalue weighted by Crippen LogP contribution is 2.08. The third-order valence-electron chi connectivity index (χ3n) is 4.88. The minimum Gasteiger partial charge on any atom is -0.394 e. The van der Waals surface area contributed by atoms with Gasteiger partial charge in [-0.25, -0.2) is 0 Å². The molecule has 0 fully saturated rings. The summed E-state index contributed by atoms with van der Waals surface area (Å²) in [4.78, 5) is 0. The normalized spacial score (nSPS) is 13.0. The minimum absolute atomic E-state index is 0.104. The van der Waals surface area contributed by atoms with Crippen LogP contribution in [0.1, 0.15) is 16.7 Å². The average Bonchev–Trinajstić information content (AvgIpc) is 2.86. The van der Waals surface area contributed by atoms with Crippen LogP contribution in [0.4, 0.5) is 0 Å². The lowest BCUT2D eigenvalue weighted by Crippen LogP contribution is -2.30. The molecule has 0 radical (unpaired) electrons. The van der Waals surface area contributed by atoms with Gasteiger partial charge in [-0.15, -0.1) is 0 Å². The molecule has 2 atom stereocenters. The van der Waals surface area contributed by atoms with E-state index >= 15 is 0 Å². The number of benzene rings is 3. The summed E-state index contributed by atoms with van der Waals surface area (Å²) in [6.45, 7) is 2.38. The summed E-state index contributed by atoms with van der Waals surface area (Å²) in [7, 11) is 0. The summed E-state index contributed by atoms with van der Waals surface area (Å²) in [6, 6.07) is 30.0. The Morgan fingerprint density at radius 1 is 0.500 bits per heavy atom. The largest absolute Gasteiger partial charge is 0.394 e. The fraction of sp³-hybridized carbons (Fsp3) is 0.333. The van der Waals surface area contributed by atoms with Gasteiger partial charge in [0, 0.05) is 0 Å². The second kappa shape index (κ2) is 14.5. The van der Waals surface area contributed by atoms with Crippen LogP contribution in [0.5, 0.6) is 0 Å². The summed E-state index contributed by atoms with van der Waals surface area (Å²) in [5, 5.41) is 9.63. The molecule has 0 saturated heterocycles. The number of aliphatic hydroxyl groups excluding tert-OH is 1. The molecule has 0 saturated carbocycles. The highest BCUT2D eigenvalue weighted by Gasteiger charge is 2.14. The predicted octanol–water partition coefficient (Wildman–Crippen LogP) is 4.38. The second-order valence-corrected chi connectivity index (χ2v) is 7.56. The third kappa shape index (κ3) is 9.30. The van der Waals surface area contributed by atoms with Crippen LogP contribution < -0.4 is 0 Å². The van der Waals surface area contributed by atoms with Crippen molar-refractivity contribution in [2.24, 2.45) is 0 Å². The van der Waals surface area contributed by atoms with Gasteiger partial charge >= 0.3 is 0 Å². The maximum Gasteiger partial charge on any atom is 0.105 e. The first-order valence-electron chi connectivity index (χ1n) is 10.9. The molecule has 3 aromatic carbocycles. The van der Waals surface area contributed by atoms with Crippen LogP contribution in [-0.2, 0) is 38.8 Å². The molecule has 5 nitrogen and oxygen atoms in total. The second-order valence-electron chi connectivity index (χ2n) is 7.56. The molecule has 0 spiro atoms. The van der Waals surface area contributed by atoms with Crippen molar-refractivity contribution < 1.29 is 24.1 Å². The van der Waals surface area contributed by atoms with Gasteiger partial charge in [-0.1, -0.05) is 91.0 Å². The molecular formula is C27H32O5. The van der Waals surface area contributed by atoms with E-state index in [1.807, 2.05) is 91.0 Å². The van der Waals surface area contributed by atoms with E-state index in [1.165, 1.54) is 0 Å². The summed E-state index contributed by atoms with van der Waals surface area (Å²) in [6.07, 6.45) is -0.623. The topological polar surface area (TPSA) is 57.2 Å². The molecule has 3 aromatic rings. The van der Waals surface area contributed by atoms with Crippen LogP contribution in [0.3, 0.4) is 0 Å². The molecule has 3 rings (SSSR count). The van der Waals surface area contributed by atoms with E-state index in [1.54, 1.807) is 0 Å². The lowest BCUT2D eigenvalue weighted by Gasteiger charge is -2.21. The van der Waals surface area contributed by atoms with Crippen molar-refractivity contribution in [3.05, 3.63) is 108 Å². The zero-order chi connectivity index (χ0) is 22.3. The Balaban J connectivity index is 1.44. The molecule has 0 aliphatic rings. The molecule has 0 amide bonds. The average molecular weight is 437 g/mol. The minimum atomic E-state index is -0.393. The smallest absolute Gasteiger partial charge is 0.105 e. The molecule has 170 valence electrons. The van der Waals surface area contributed by atoms with Crippen molar-refractivity contribution in [3.63, 3.8) is 0 Å². The molecule has 0 aromatic heterocycles. The molecule has 32 heavy (non-hydrogen) atoms. The van der Waals surface area contributed by atoms with Crippen LogP contribution in [0, 0.1) is 0 Å². The lowest BCUT2D eigenvalue weighted by molar-refractivity contribution is -0.0969. The molecule has 1 N–H and O–H groups in total. The van der Waals surface area contributed by atoms with Gasteiger partial charge in [0.25, 0.3) is 0 Å². The Morgan fingerprint density at radius 3 is 1.41 bits per heavy atom. The Hall–Kier alpha value is -2.54. The van der Waals surface area contributed by atoms with Gasteiger partial charge < -0.3 is 24.1 Å². The number of hydrogen-bond donors (Lipinski definition) is 1. The molecule has 0 aliphatic heterocycles. The lowest BCUT2D eigenvalue weighted by atomic mass is 10.2. The van der Waals surface area contributed by atoms with Crippen LogP contribution >= 0.6 is 0 Å². The van der Waals surface area contributed by atoms with Crippen molar-refractivity contribution in [2.45, 2.75) is 32.0 Å². The Labute approximate surface area is 190 Å². The van der Waals surface area contributed by atoms with Gasteiger partial charge in [-0.3, -0.25) is 0 Å². The van der Waals surface area contributed by atoms with E-state index in [-0.39, 0.29) is 19.3 Å². The van der Waals surface area contributed by atoms with Gasteiger partial charge in [-0.05, 0) is 16.7 Å². The summed E-state index contributed by atoms with van der Waals surface area (Å²) in [5.41, 5.74) is 3.27. The molecular weight excluding hydrogens is 404 g/mol. The van der Waals surface area contributed by atoms with Crippen LogP contribution in [0.25, 0.3) is 0 Å². The number of hydrogen-bond acceptors (Lipinski definition) is 5. The van der Waals surface area contributed by atoms with Crippen LogP contribution in [-0.4, -0.2) is 43.7 Å². The van der Waals surface area contributed by atoms with Crippen molar-refractivity contribution in [1.82, 2.24) is 0 Å². The first-order valence-corrected chi connectivity index (χ1v) is 10.9. The quantitative estimate of drug-likeness (QED) is 0.383. The van der Waals surface area contributed by atoms with Crippen molar-refractivity contribution >= 4 is 0 Å². The van der Waals surface area contributed by atoms with Crippen molar-refractivity contribution in [2.75, 3.05) is 26.4 Å². The highest BCUT2D eigenvalue weighted by molar-refractivity contribution is 5.14. The maximum absolute atomic E-state index is 9.63. The van der Waals surface area contributed by atoms with E-state index < -0.39 is 6.10 Å². The van der Waals surface area contributed by atoms with Gasteiger partial charge in [0.2, 0.25) is 0 Å². The van der Waals surface area contributed by atoms with E-state index in [4.69, 9.17) is 18.9 Å². The van der Waals surface area contributed by atoms with Crippen LogP contribution in [0.2, 0.25) is 0 Å². The molecule has 5 heteroatoms. The molecule has 0 aliphatic carbocycles. The SMILES string of the molecule is OCC(COCC(COCc1ccccc1)OCc1ccccc1)OCc1ccccc1. The first kappa shape index (κ1) is 24.1. The van der Waals surface area contributed by atoms with Gasteiger partial charge in [0.05, 0.1) is 46.2 Å². The van der Waals surface area contributed by atoms with E-state index in [0.29, 0.717) is 33.0 Å². The molecule has 0 bridgehead atoms. The van der Waals surface area contributed by atoms with Gasteiger partial charge in [-0.2, -0.15) is 0 Å². The Bertz CT molecular complexity index is 842. The Morgan fingerprint density at radius 2 is 0.906 bits per heavy atom. The van der Waals surface area contributed by atoms with E-state index in [0.717, 1.165) is 16.7 Å². The summed E-state index contributed by atoms with van der Waals surface area (Å²) < 4.78 is 23.6. The zero-order valence-electron chi connectivity index (χ0n) is 18.3. The maximum atomic E-state index is 9.63. The van der Waals surface area contributed by atoms with Crippen molar-refractivity contribution in [3.8, 4) is 0 Å².